The fourth-order valence-corrected chi connectivity index (χ4v) is 1.88. The van der Waals surface area contributed by atoms with Gasteiger partial charge in [0.25, 0.3) is 0 Å². The Kier molecular flexibility index (Phi) is 2.91. The Morgan fingerprint density at radius 2 is 2.27 bits per heavy atom. The molecule has 15 heavy (non-hydrogen) atoms. The van der Waals surface area contributed by atoms with Crippen molar-refractivity contribution >= 4 is 16.7 Å². The summed E-state index contributed by atoms with van der Waals surface area (Å²) in [4.78, 5) is 8.41. The van der Waals surface area contributed by atoms with Crippen molar-refractivity contribution < 1.29 is 0 Å². The van der Waals surface area contributed by atoms with Crippen LogP contribution in [0.1, 0.15) is 13.8 Å². The third-order valence-electron chi connectivity index (χ3n) is 1.76. The fraction of sp³-hybridized carbons (Fsp3) is 0.300. The minimum absolute atomic E-state index is 0.375. The van der Waals surface area contributed by atoms with Crippen LogP contribution < -0.4 is 5.32 Å². The summed E-state index contributed by atoms with van der Waals surface area (Å²) in [5, 5.41) is 4.07. The van der Waals surface area contributed by atoms with Gasteiger partial charge in [0.15, 0.2) is 5.82 Å². The van der Waals surface area contributed by atoms with E-state index in [-0.39, 0.29) is 0 Å². The zero-order valence-corrected chi connectivity index (χ0v) is 9.45. The smallest absolute Gasteiger partial charge is 0.203 e. The lowest BCUT2D eigenvalue weighted by Gasteiger charge is -2.03. The molecule has 0 spiro atoms. The SMILES string of the molecule is CC(C)Nc1nc(-c2cccnc2)ns1. The van der Waals surface area contributed by atoms with Gasteiger partial charge in [0.1, 0.15) is 0 Å². The second kappa shape index (κ2) is 4.35. The molecule has 4 nitrogen and oxygen atoms in total. The average molecular weight is 220 g/mol. The Morgan fingerprint density at radius 3 is 2.93 bits per heavy atom. The summed E-state index contributed by atoms with van der Waals surface area (Å²) in [5.74, 6) is 0.733. The number of hydrogen-bond acceptors (Lipinski definition) is 5. The van der Waals surface area contributed by atoms with Crippen molar-refractivity contribution in [1.29, 1.82) is 0 Å². The first-order valence-electron chi connectivity index (χ1n) is 4.76. The summed E-state index contributed by atoms with van der Waals surface area (Å²) < 4.78 is 4.27. The molecule has 5 heteroatoms. The van der Waals surface area contributed by atoms with E-state index >= 15 is 0 Å². The maximum atomic E-state index is 4.38. The zero-order valence-electron chi connectivity index (χ0n) is 8.64. The molecule has 0 aliphatic carbocycles. The number of rotatable bonds is 3. The second-order valence-corrected chi connectivity index (χ2v) is 4.22. The van der Waals surface area contributed by atoms with E-state index < -0.39 is 0 Å². The van der Waals surface area contributed by atoms with Gasteiger partial charge in [-0.25, -0.2) is 0 Å². The second-order valence-electron chi connectivity index (χ2n) is 3.46. The van der Waals surface area contributed by atoms with E-state index in [4.69, 9.17) is 0 Å². The van der Waals surface area contributed by atoms with Gasteiger partial charge in [-0.15, -0.1) is 0 Å². The van der Waals surface area contributed by atoms with Gasteiger partial charge in [-0.05, 0) is 26.0 Å². The van der Waals surface area contributed by atoms with Crippen molar-refractivity contribution in [2.75, 3.05) is 5.32 Å². The predicted molar refractivity (Wildman–Crippen MR) is 61.9 cm³/mol. The number of hydrogen-bond donors (Lipinski definition) is 1. The molecule has 2 aromatic rings. The van der Waals surface area contributed by atoms with Crippen LogP contribution in [-0.2, 0) is 0 Å². The van der Waals surface area contributed by atoms with Crippen molar-refractivity contribution in [2.24, 2.45) is 0 Å². The van der Waals surface area contributed by atoms with Gasteiger partial charge in [-0.3, -0.25) is 4.98 Å². The number of nitrogens with zero attached hydrogens (tertiary/aromatic N) is 3. The van der Waals surface area contributed by atoms with E-state index in [0.29, 0.717) is 6.04 Å². The quantitative estimate of drug-likeness (QED) is 0.863. The van der Waals surface area contributed by atoms with Crippen LogP contribution in [-0.4, -0.2) is 20.4 Å². The molecule has 2 aromatic heterocycles. The third kappa shape index (κ3) is 2.50. The topological polar surface area (TPSA) is 50.7 Å². The van der Waals surface area contributed by atoms with Crippen molar-refractivity contribution in [3.8, 4) is 11.4 Å². The lowest BCUT2D eigenvalue weighted by atomic mass is 10.3. The highest BCUT2D eigenvalue weighted by Crippen LogP contribution is 2.20. The number of nitrogens with one attached hydrogen (secondary N) is 1. The van der Waals surface area contributed by atoms with Crippen LogP contribution in [0, 0.1) is 0 Å². The summed E-state index contributed by atoms with van der Waals surface area (Å²) in [6, 6.07) is 4.21. The Hall–Kier alpha value is -1.49. The zero-order chi connectivity index (χ0) is 10.7. The molecule has 0 aliphatic heterocycles. The molecule has 1 N–H and O–H groups in total. The van der Waals surface area contributed by atoms with Gasteiger partial charge in [-0.1, -0.05) is 0 Å². The van der Waals surface area contributed by atoms with Crippen molar-refractivity contribution in [2.45, 2.75) is 19.9 Å². The van der Waals surface area contributed by atoms with E-state index in [1.165, 1.54) is 11.5 Å². The van der Waals surface area contributed by atoms with E-state index in [2.05, 4.69) is 33.5 Å². The average Bonchev–Trinajstić information content (AvgIpc) is 2.67. The number of anilines is 1. The van der Waals surface area contributed by atoms with Gasteiger partial charge >= 0.3 is 0 Å². The predicted octanol–water partition coefficient (Wildman–Crippen LogP) is 2.42. The summed E-state index contributed by atoms with van der Waals surface area (Å²) >= 11 is 1.37. The maximum Gasteiger partial charge on any atom is 0.203 e. The molecular formula is C10H12N4S. The monoisotopic (exact) mass is 220 g/mol. The van der Waals surface area contributed by atoms with Crippen molar-refractivity contribution in [3.63, 3.8) is 0 Å². The molecule has 0 aromatic carbocycles. The molecule has 0 saturated heterocycles. The highest BCUT2D eigenvalue weighted by molar-refractivity contribution is 7.09. The molecule has 78 valence electrons. The minimum atomic E-state index is 0.375. The van der Waals surface area contributed by atoms with Crippen LogP contribution in [0.25, 0.3) is 11.4 Å². The minimum Gasteiger partial charge on any atom is -0.358 e. The lowest BCUT2D eigenvalue weighted by molar-refractivity contribution is 0.896. The van der Waals surface area contributed by atoms with Crippen LogP contribution in [0.2, 0.25) is 0 Å². The van der Waals surface area contributed by atoms with Gasteiger partial charge in [0.2, 0.25) is 5.13 Å². The van der Waals surface area contributed by atoms with Crippen LogP contribution in [0.5, 0.6) is 0 Å². The normalized spacial score (nSPS) is 10.6. The van der Waals surface area contributed by atoms with Crippen LogP contribution >= 0.6 is 11.5 Å². The molecule has 0 fully saturated rings. The Balaban J connectivity index is 2.21. The molecule has 0 saturated carbocycles. The highest BCUT2D eigenvalue weighted by atomic mass is 32.1. The van der Waals surface area contributed by atoms with Gasteiger partial charge < -0.3 is 5.32 Å². The van der Waals surface area contributed by atoms with Crippen molar-refractivity contribution in [3.05, 3.63) is 24.5 Å². The van der Waals surface area contributed by atoms with Gasteiger partial charge in [-0.2, -0.15) is 9.36 Å². The standard InChI is InChI=1S/C10H12N4S/c1-7(2)12-10-13-9(14-15-10)8-4-3-5-11-6-8/h3-7H,1-2H3,(H,12,13,14). The van der Waals surface area contributed by atoms with Crippen LogP contribution in [0.4, 0.5) is 5.13 Å². The molecule has 0 aliphatic rings. The molecule has 0 amide bonds. The summed E-state index contributed by atoms with van der Waals surface area (Å²) in [7, 11) is 0. The van der Waals surface area contributed by atoms with E-state index in [1.807, 2.05) is 12.1 Å². The lowest BCUT2D eigenvalue weighted by Crippen LogP contribution is -2.08. The van der Waals surface area contributed by atoms with Crippen LogP contribution in [0.15, 0.2) is 24.5 Å². The molecule has 0 atom stereocenters. The molecular weight excluding hydrogens is 208 g/mol. The highest BCUT2D eigenvalue weighted by Gasteiger charge is 2.06. The first kappa shape index (κ1) is 10.0. The molecule has 0 radical (unpaired) electrons. The Morgan fingerprint density at radius 1 is 1.40 bits per heavy atom. The van der Waals surface area contributed by atoms with Gasteiger partial charge in [0, 0.05) is 35.5 Å². The van der Waals surface area contributed by atoms with Crippen LogP contribution in [0.3, 0.4) is 0 Å². The number of aromatic nitrogens is 3. The summed E-state index contributed by atoms with van der Waals surface area (Å²) in [5.41, 5.74) is 0.950. The Labute approximate surface area is 92.6 Å². The first-order valence-corrected chi connectivity index (χ1v) is 5.53. The molecule has 2 heterocycles. The largest absolute Gasteiger partial charge is 0.358 e. The fourth-order valence-electron chi connectivity index (χ4n) is 1.14. The van der Waals surface area contributed by atoms with Crippen molar-refractivity contribution in [1.82, 2.24) is 14.3 Å². The number of pyridine rings is 1. The van der Waals surface area contributed by atoms with E-state index in [0.717, 1.165) is 16.5 Å². The molecule has 0 bridgehead atoms. The maximum absolute atomic E-state index is 4.38. The molecule has 2 rings (SSSR count). The van der Waals surface area contributed by atoms with Gasteiger partial charge in [0.05, 0.1) is 0 Å². The van der Waals surface area contributed by atoms with E-state index in [1.54, 1.807) is 12.4 Å². The Bertz CT molecular complexity index is 424. The summed E-state index contributed by atoms with van der Waals surface area (Å²) in [6.45, 7) is 4.15. The van der Waals surface area contributed by atoms with E-state index in [9.17, 15) is 0 Å². The molecule has 0 unspecified atom stereocenters. The first-order chi connectivity index (χ1) is 7.25. The summed E-state index contributed by atoms with van der Waals surface area (Å²) in [6.07, 6.45) is 3.50. The third-order valence-corrected chi connectivity index (χ3v) is 2.40.